The van der Waals surface area contributed by atoms with E-state index in [1.165, 1.54) is 16.5 Å². The van der Waals surface area contributed by atoms with Crippen LogP contribution >= 0.6 is 0 Å². The maximum Gasteiger partial charge on any atom is 0.281 e. The van der Waals surface area contributed by atoms with Gasteiger partial charge in [0.1, 0.15) is 17.3 Å². The Labute approximate surface area is 233 Å². The number of rotatable bonds is 6. The van der Waals surface area contributed by atoms with Gasteiger partial charge >= 0.3 is 0 Å². The summed E-state index contributed by atoms with van der Waals surface area (Å²) in [5, 5.41) is 1.73. The molecule has 0 amide bonds. The second kappa shape index (κ2) is 9.88. The molecule has 202 valence electrons. The number of nitrogens with zero attached hydrogens (tertiary/aromatic N) is 2. The molecule has 4 aromatic rings. The molecule has 0 saturated carbocycles. The molecule has 0 aromatic heterocycles. The Balaban J connectivity index is 1.60. The molecule has 0 saturated heterocycles. The van der Waals surface area contributed by atoms with Crippen molar-refractivity contribution in [3.8, 4) is 11.5 Å². The van der Waals surface area contributed by atoms with Crippen molar-refractivity contribution in [1.29, 1.82) is 0 Å². The topological polar surface area (TPSA) is 59.1 Å². The molecule has 6 rings (SSSR count). The van der Waals surface area contributed by atoms with Crippen LogP contribution in [0.15, 0.2) is 102 Å². The summed E-state index contributed by atoms with van der Waals surface area (Å²) < 4.78 is 55.5. The lowest BCUT2D eigenvalue weighted by Crippen LogP contribution is -2.42. The molecule has 1 unspecified atom stereocenters. The predicted octanol–water partition coefficient (Wildman–Crippen LogP) is 6.67. The molecule has 0 fully saturated rings. The lowest BCUT2D eigenvalue weighted by Gasteiger charge is -2.40. The van der Waals surface area contributed by atoms with Crippen LogP contribution in [0.3, 0.4) is 0 Å². The molecule has 2 aliphatic heterocycles. The van der Waals surface area contributed by atoms with Crippen molar-refractivity contribution in [2.75, 3.05) is 14.2 Å². The van der Waals surface area contributed by atoms with Gasteiger partial charge in [-0.25, -0.2) is 4.39 Å². The molecule has 0 N–H and O–H groups in total. The first-order chi connectivity index (χ1) is 19.3. The number of hydrogen-bond acceptors (Lipinski definition) is 5. The van der Waals surface area contributed by atoms with Crippen LogP contribution in [0.4, 0.5) is 4.39 Å². The molecule has 0 spiro atoms. The minimum atomic E-state index is -4.10. The summed E-state index contributed by atoms with van der Waals surface area (Å²) in [7, 11) is -0.931. The molecule has 0 bridgehead atoms. The molecule has 40 heavy (non-hydrogen) atoms. The third kappa shape index (κ3) is 4.30. The van der Waals surface area contributed by atoms with Crippen LogP contribution in [0.1, 0.15) is 33.9 Å². The Morgan fingerprint density at radius 1 is 0.750 bits per heavy atom. The van der Waals surface area contributed by atoms with Gasteiger partial charge < -0.3 is 9.47 Å². The van der Waals surface area contributed by atoms with Gasteiger partial charge in [0, 0.05) is 11.1 Å². The fourth-order valence-electron chi connectivity index (χ4n) is 5.13. The number of ether oxygens (including phenoxy) is 2. The number of halogens is 1. The molecule has 2 heterocycles. The summed E-state index contributed by atoms with van der Waals surface area (Å²) >= 11 is 0. The Morgan fingerprint density at radius 3 is 1.90 bits per heavy atom. The van der Waals surface area contributed by atoms with E-state index in [0.717, 1.165) is 16.7 Å². The van der Waals surface area contributed by atoms with E-state index < -0.39 is 16.1 Å². The van der Waals surface area contributed by atoms with E-state index in [4.69, 9.17) is 9.47 Å². The normalized spacial score (nSPS) is 16.1. The van der Waals surface area contributed by atoms with Crippen LogP contribution in [0.2, 0.25) is 0 Å². The monoisotopic (exact) mass is 554 g/mol. The number of sulfonamides is 1. The van der Waals surface area contributed by atoms with Gasteiger partial charge in [-0.05, 0) is 103 Å². The number of aryl methyl sites for hydroxylation is 1. The van der Waals surface area contributed by atoms with Crippen molar-refractivity contribution in [3.05, 3.63) is 131 Å². The van der Waals surface area contributed by atoms with Crippen molar-refractivity contribution in [2.45, 2.75) is 17.9 Å². The molecule has 8 heteroatoms. The highest BCUT2D eigenvalue weighted by Gasteiger charge is 2.45. The van der Waals surface area contributed by atoms with Crippen LogP contribution in [-0.2, 0) is 10.0 Å². The Morgan fingerprint density at radius 2 is 1.32 bits per heavy atom. The standard InChI is InChI=1S/C32H27FN2O4S/c1-21-4-16-28(17-5-21)40(36,37)35-31(23-9-14-27(39-3)15-10-23)20-32-29-19-25(33)11-6-24(29)18-30(34(32)35)22-7-12-26(38-2)13-8-22/h4-20,32H,1-3H3. The van der Waals surface area contributed by atoms with Gasteiger partial charge in [-0.1, -0.05) is 23.8 Å². The van der Waals surface area contributed by atoms with Crippen molar-refractivity contribution < 1.29 is 22.3 Å². The number of hydrogen-bond donors (Lipinski definition) is 0. The summed E-state index contributed by atoms with van der Waals surface area (Å²) in [6.45, 7) is 1.91. The van der Waals surface area contributed by atoms with Crippen molar-refractivity contribution in [2.24, 2.45) is 0 Å². The van der Waals surface area contributed by atoms with Gasteiger partial charge in [0.2, 0.25) is 0 Å². The fourth-order valence-corrected chi connectivity index (χ4v) is 6.66. The smallest absolute Gasteiger partial charge is 0.281 e. The van der Waals surface area contributed by atoms with Gasteiger partial charge in [0.05, 0.1) is 36.6 Å². The molecule has 6 nitrogen and oxygen atoms in total. The number of methoxy groups -OCH3 is 2. The van der Waals surface area contributed by atoms with Crippen LogP contribution in [0, 0.1) is 12.7 Å². The van der Waals surface area contributed by atoms with Gasteiger partial charge in [0.25, 0.3) is 10.0 Å². The highest BCUT2D eigenvalue weighted by Crippen LogP contribution is 2.50. The van der Waals surface area contributed by atoms with E-state index in [2.05, 4.69) is 0 Å². The minimum Gasteiger partial charge on any atom is -0.497 e. The van der Waals surface area contributed by atoms with Crippen LogP contribution in [0.25, 0.3) is 17.5 Å². The van der Waals surface area contributed by atoms with E-state index >= 15 is 0 Å². The molecular formula is C32H27FN2O4S. The van der Waals surface area contributed by atoms with E-state index in [1.807, 2.05) is 55.5 Å². The van der Waals surface area contributed by atoms with Crippen LogP contribution < -0.4 is 9.47 Å². The van der Waals surface area contributed by atoms with Crippen molar-refractivity contribution >= 4 is 27.5 Å². The number of benzene rings is 4. The van der Waals surface area contributed by atoms with Gasteiger partial charge in [0.15, 0.2) is 0 Å². The third-order valence-corrected chi connectivity index (χ3v) is 8.90. The largest absolute Gasteiger partial charge is 0.497 e. The van der Waals surface area contributed by atoms with Crippen molar-refractivity contribution in [3.63, 3.8) is 0 Å². The van der Waals surface area contributed by atoms with E-state index in [1.54, 1.807) is 61.7 Å². The maximum atomic E-state index is 14.6. The van der Waals surface area contributed by atoms with Gasteiger partial charge in [-0.3, -0.25) is 5.01 Å². The zero-order valence-electron chi connectivity index (χ0n) is 22.2. The first kappa shape index (κ1) is 25.7. The Bertz CT molecular complexity index is 1750. The molecule has 2 aliphatic rings. The molecule has 4 aromatic carbocycles. The molecule has 0 radical (unpaired) electrons. The predicted molar refractivity (Wildman–Crippen MR) is 153 cm³/mol. The van der Waals surface area contributed by atoms with E-state index in [9.17, 15) is 12.8 Å². The average Bonchev–Trinajstić information content (AvgIpc) is 3.39. The second-order valence-electron chi connectivity index (χ2n) is 9.66. The SMILES string of the molecule is COc1ccc(C2=Cc3ccc(F)cc3C3C=C(c4ccc(OC)cc4)N(S(=O)(=O)c4ccc(C)cc4)N23)cc1. The first-order valence-electron chi connectivity index (χ1n) is 12.7. The van der Waals surface area contributed by atoms with Crippen molar-refractivity contribution in [1.82, 2.24) is 9.42 Å². The summed E-state index contributed by atoms with van der Waals surface area (Å²) in [5.74, 6) is 0.945. The summed E-state index contributed by atoms with van der Waals surface area (Å²) in [5.41, 5.74) is 5.02. The minimum absolute atomic E-state index is 0.150. The first-order valence-corrected chi connectivity index (χ1v) is 14.2. The highest BCUT2D eigenvalue weighted by molar-refractivity contribution is 7.89. The lowest BCUT2D eigenvalue weighted by molar-refractivity contribution is 0.187. The van der Waals surface area contributed by atoms with Crippen LogP contribution in [-0.4, -0.2) is 32.1 Å². The molecule has 0 aliphatic carbocycles. The van der Waals surface area contributed by atoms with E-state index in [0.29, 0.717) is 34.0 Å². The second-order valence-corrected chi connectivity index (χ2v) is 11.4. The zero-order chi connectivity index (χ0) is 28.0. The highest BCUT2D eigenvalue weighted by atomic mass is 32.2. The summed E-state index contributed by atoms with van der Waals surface area (Å²) in [4.78, 5) is 0.150. The summed E-state index contributed by atoms with van der Waals surface area (Å²) in [6.07, 6.45) is 3.78. The summed E-state index contributed by atoms with van der Waals surface area (Å²) in [6, 6.07) is 25.5. The third-order valence-electron chi connectivity index (χ3n) is 7.21. The zero-order valence-corrected chi connectivity index (χ0v) is 23.0. The van der Waals surface area contributed by atoms with Gasteiger partial charge in [-0.2, -0.15) is 12.8 Å². The Kier molecular flexibility index (Phi) is 6.35. The number of fused-ring (bicyclic) bond motifs is 3. The maximum absolute atomic E-state index is 14.6. The quantitative estimate of drug-likeness (QED) is 0.267. The average molecular weight is 555 g/mol. The Hall–Kier alpha value is -4.56. The molecular weight excluding hydrogens is 527 g/mol. The fraction of sp³-hybridized carbons (Fsp3) is 0.125. The number of hydrazine groups is 1. The van der Waals surface area contributed by atoms with E-state index in [-0.39, 0.29) is 10.7 Å². The van der Waals surface area contributed by atoms with Crippen LogP contribution in [0.5, 0.6) is 11.5 Å². The molecule has 1 atom stereocenters. The lowest BCUT2D eigenvalue weighted by atomic mass is 9.93. The van der Waals surface area contributed by atoms with Gasteiger partial charge in [-0.15, -0.1) is 0 Å².